The normalized spacial score (nSPS) is 14.0. The maximum Gasteiger partial charge on any atom is 0.334 e. The maximum atomic E-state index is 14.1. The van der Waals surface area contributed by atoms with Crippen LogP contribution in [0.25, 0.3) is 10.9 Å². The lowest BCUT2D eigenvalue weighted by molar-refractivity contribution is -0.139. The minimum atomic E-state index is -1.97. The average molecular weight is 1280 g/mol. The third-order valence-electron chi connectivity index (χ3n) is 13.7. The maximum absolute atomic E-state index is 14.1. The third kappa shape index (κ3) is 24.6. The summed E-state index contributed by atoms with van der Waals surface area (Å²) in [6.45, 7) is 5.87. The van der Waals surface area contributed by atoms with Gasteiger partial charge in [0.25, 0.3) is 5.91 Å². The number of hydrogen-bond donors (Lipinski definition) is 19. The number of guanidine groups is 1. The Morgan fingerprint density at radius 2 is 1.14 bits per heavy atom. The van der Waals surface area contributed by atoms with Gasteiger partial charge in [-0.1, -0.05) is 67.9 Å². The fourth-order valence-corrected chi connectivity index (χ4v) is 9.19. The summed E-state index contributed by atoms with van der Waals surface area (Å²) in [5.41, 5.74) is 17.8. The molecule has 0 aliphatic rings. The number of hydrogen-bond acceptors (Lipinski definition) is 15. The number of carbonyl (C=O) groups excluding carboxylic acids is 11. The van der Waals surface area contributed by atoms with Gasteiger partial charge in [-0.3, -0.25) is 63.6 Å². The predicted molar refractivity (Wildman–Crippen MR) is 327 cm³/mol. The minimum absolute atomic E-state index is 0.0000617. The van der Waals surface area contributed by atoms with Crippen LogP contribution in [0.2, 0.25) is 5.02 Å². The van der Waals surface area contributed by atoms with Crippen LogP contribution in [0.1, 0.15) is 82.9 Å². The number of nitrogens with two attached hydrogens (primary N) is 2. The van der Waals surface area contributed by atoms with E-state index < -0.39 is 145 Å². The second-order valence-electron chi connectivity index (χ2n) is 21.5. The molecule has 0 bridgehead atoms. The first-order valence-corrected chi connectivity index (χ1v) is 28.9. The number of para-hydroxylation sites is 1. The summed E-state index contributed by atoms with van der Waals surface area (Å²) in [7, 11) is 1.53. The summed E-state index contributed by atoms with van der Waals surface area (Å²) in [4.78, 5) is 163. The van der Waals surface area contributed by atoms with E-state index >= 15 is 0 Å². The van der Waals surface area contributed by atoms with Crippen LogP contribution in [-0.2, 0) is 72.0 Å². The topological polar surface area (TPSA) is 502 Å². The highest BCUT2D eigenvalue weighted by molar-refractivity contribution is 6.30. The summed E-state index contributed by atoms with van der Waals surface area (Å²) in [5.74, 6) is -11.9. The molecule has 1 heterocycles. The molecule has 4 aromatic rings. The smallest absolute Gasteiger partial charge is 0.334 e. The van der Waals surface area contributed by atoms with Crippen molar-refractivity contribution in [1.29, 1.82) is 5.41 Å². The van der Waals surface area contributed by atoms with Crippen LogP contribution in [0.5, 0.6) is 5.75 Å². The first-order valence-electron chi connectivity index (χ1n) is 28.5. The van der Waals surface area contributed by atoms with Gasteiger partial charge in [-0.25, -0.2) is 10.2 Å². The minimum Gasteiger partial charge on any atom is -0.508 e. The molecule has 21 N–H and O–H groups in total. The molecule has 4 rings (SSSR count). The lowest BCUT2D eigenvalue weighted by atomic mass is 10.0. The second kappa shape index (κ2) is 35.7. The average Bonchev–Trinajstić information content (AvgIpc) is 3.95. The van der Waals surface area contributed by atoms with Gasteiger partial charge in [0, 0.05) is 68.3 Å². The molecule has 9 atom stereocenters. The number of hydrazine groups is 1. The molecule has 3 aromatic carbocycles. The lowest BCUT2D eigenvalue weighted by Gasteiger charge is -2.28. The molecule has 0 radical (unpaired) electrons. The Morgan fingerprint density at radius 1 is 0.611 bits per heavy atom. The number of benzene rings is 3. The zero-order valence-electron chi connectivity index (χ0n) is 50.1. The molecular weight excluding hydrogens is 1200 g/mol. The molecule has 0 spiro atoms. The number of nitrogens with one attached hydrogen (secondary N) is 14. The molecule has 488 valence electrons. The molecule has 31 nitrogen and oxygen atoms in total. The number of primary amides is 2. The van der Waals surface area contributed by atoms with Gasteiger partial charge in [0.05, 0.1) is 12.5 Å². The monoisotopic (exact) mass is 1270 g/mol. The summed E-state index contributed by atoms with van der Waals surface area (Å²) >= 11 is 6.11. The number of aromatic amines is 1. The van der Waals surface area contributed by atoms with Gasteiger partial charge in [-0.15, -0.1) is 0 Å². The standard InChI is InChI=1S/C58H79ClN16O15/c1-29(2)23-42(52(85)67-39(11-8-22-64-57(62)63-5)50(83)69-41(49(61)82)26-34-28-65-38-10-7-6-9-37(34)38)72-58(90)75-74-55(88)44(25-32-12-16-35(59)17-13-32)71-56(89)48(30(3)76)73-54(87)45(27-46(60)79)70-51(84)40(20-21-47(80)81)68-53(86)43(66-31(4)77)24-33-14-18-36(78)19-15-33/h6-7,9-10,12-19,28-30,39-45,48,65,76,78H,8,11,20-27H2,1-5H3,(H2,60,79)(H2,61,82)(H,66,77)(H,67,85)(H,68,86)(H,69,83)(H,70,84)(H,71,89)(H,73,87)(H,74,88)(H,80,81)(H3,62,63,64)(H2,72,75,90)/t30-,39+,40+,41+,42+,43-,44+,45+,48+/m1/s1. The van der Waals surface area contributed by atoms with Gasteiger partial charge in [0.1, 0.15) is 54.1 Å². The fourth-order valence-electron chi connectivity index (χ4n) is 9.07. The van der Waals surface area contributed by atoms with Gasteiger partial charge < -0.3 is 84.9 Å². The molecular formula is C58H79ClN16O15. The number of rotatable bonds is 34. The second-order valence-corrected chi connectivity index (χ2v) is 22.0. The van der Waals surface area contributed by atoms with E-state index in [0.29, 0.717) is 21.7 Å². The number of phenolic OH excluding ortho intramolecular Hbond substituents is 1. The number of aromatic nitrogens is 1. The Labute approximate surface area is 522 Å². The molecule has 32 heteroatoms. The number of carboxylic acids is 1. The van der Waals surface area contributed by atoms with Crippen molar-refractivity contribution in [2.24, 2.45) is 17.4 Å². The van der Waals surface area contributed by atoms with Crippen molar-refractivity contribution < 1.29 is 72.9 Å². The summed E-state index contributed by atoms with van der Waals surface area (Å²) in [6, 6.07) is 5.17. The van der Waals surface area contributed by atoms with Crippen molar-refractivity contribution in [2.75, 3.05) is 13.6 Å². The van der Waals surface area contributed by atoms with Gasteiger partial charge in [0.15, 0.2) is 5.96 Å². The molecule has 0 unspecified atom stereocenters. The number of halogens is 1. The predicted octanol–water partition coefficient (Wildman–Crippen LogP) is -2.16. The van der Waals surface area contributed by atoms with Gasteiger partial charge in [-0.2, -0.15) is 0 Å². The fraction of sp³-hybridized carbons (Fsp3) is 0.431. The number of aliphatic hydroxyl groups excluding tert-OH is 1. The van der Waals surface area contributed by atoms with Gasteiger partial charge in [0.2, 0.25) is 53.2 Å². The van der Waals surface area contributed by atoms with Gasteiger partial charge >= 0.3 is 12.0 Å². The number of aliphatic hydroxyl groups is 1. The molecule has 12 amide bonds. The number of H-pyrrole nitrogens is 1. The van der Waals surface area contributed by atoms with Crippen LogP contribution < -0.4 is 75.5 Å². The summed E-state index contributed by atoms with van der Waals surface area (Å²) in [5, 5.41) is 63.9. The number of urea groups is 1. The molecule has 0 saturated heterocycles. The molecule has 90 heavy (non-hydrogen) atoms. The van der Waals surface area contributed by atoms with Crippen molar-refractivity contribution in [3.05, 3.63) is 101 Å². The number of carboxylic acid groups (broad SMARTS) is 1. The lowest BCUT2D eigenvalue weighted by Crippen LogP contribution is -2.62. The van der Waals surface area contributed by atoms with E-state index in [-0.39, 0.29) is 62.7 Å². The number of carbonyl (C=O) groups is 12. The molecule has 1 aromatic heterocycles. The van der Waals surface area contributed by atoms with E-state index in [1.807, 2.05) is 18.2 Å². The Balaban J connectivity index is 1.52. The first kappa shape index (κ1) is 72.4. The molecule has 0 saturated carbocycles. The van der Waals surface area contributed by atoms with E-state index in [1.165, 1.54) is 55.6 Å². The molecule has 0 aliphatic heterocycles. The highest BCUT2D eigenvalue weighted by atomic mass is 35.5. The quantitative estimate of drug-likeness (QED) is 0.0103. The van der Waals surface area contributed by atoms with Gasteiger partial charge in [-0.05, 0) is 85.5 Å². The van der Waals surface area contributed by atoms with Crippen molar-refractivity contribution in [2.45, 2.75) is 140 Å². The number of aliphatic carboxylic acids is 1. The SMILES string of the molecule is CNC(=N)NCCC[C@H](NC(=O)[C@H](CC(C)C)NC(=O)NNC(=O)[C@H](Cc1ccc(Cl)cc1)NC(=O)[C@@H](NC(=O)[C@H](CC(N)=O)NC(=O)[C@H](CCC(=O)O)NC(=O)[C@@H](Cc1ccc(O)cc1)NC(C)=O)[C@@H](C)O)C(=O)N[C@@H](Cc1c[nH]c2ccccc12)C(N)=O. The zero-order chi connectivity index (χ0) is 66.8. The number of fused-ring (bicyclic) bond motifs is 1. The van der Waals surface area contributed by atoms with Crippen molar-refractivity contribution in [3.63, 3.8) is 0 Å². The summed E-state index contributed by atoms with van der Waals surface area (Å²) in [6.07, 6.45) is -2.61. The van der Waals surface area contributed by atoms with E-state index in [9.17, 15) is 72.9 Å². The third-order valence-corrected chi connectivity index (χ3v) is 13.9. The molecule has 0 fully saturated rings. The van der Waals surface area contributed by atoms with E-state index in [0.717, 1.165) is 24.8 Å². The van der Waals surface area contributed by atoms with Crippen LogP contribution in [0.4, 0.5) is 4.79 Å². The molecule has 0 aliphatic carbocycles. The largest absolute Gasteiger partial charge is 0.508 e. The number of aromatic hydroxyl groups is 1. The van der Waals surface area contributed by atoms with Crippen LogP contribution in [0.3, 0.4) is 0 Å². The Morgan fingerprint density at radius 3 is 1.71 bits per heavy atom. The van der Waals surface area contributed by atoms with E-state index in [1.54, 1.807) is 26.1 Å². The summed E-state index contributed by atoms with van der Waals surface area (Å²) < 4.78 is 0. The Kier molecular flexibility index (Phi) is 28.7. The van der Waals surface area contributed by atoms with E-state index in [4.69, 9.17) is 28.5 Å². The van der Waals surface area contributed by atoms with Crippen LogP contribution in [0.15, 0.2) is 79.0 Å². The van der Waals surface area contributed by atoms with Crippen molar-refractivity contribution in [3.8, 4) is 5.75 Å². The van der Waals surface area contributed by atoms with Crippen LogP contribution >= 0.6 is 11.6 Å². The van der Waals surface area contributed by atoms with Crippen LogP contribution in [0, 0.1) is 11.3 Å². The highest BCUT2D eigenvalue weighted by Gasteiger charge is 2.36. The van der Waals surface area contributed by atoms with Crippen LogP contribution in [-0.4, -0.2) is 165 Å². The van der Waals surface area contributed by atoms with E-state index in [2.05, 4.69) is 69.0 Å². The van der Waals surface area contributed by atoms with Crippen molar-refractivity contribution in [1.82, 2.24) is 69.0 Å². The Bertz CT molecular complexity index is 3200. The first-order chi connectivity index (χ1) is 42.5. The number of phenols is 1. The Hall–Kier alpha value is -10.0. The highest BCUT2D eigenvalue weighted by Crippen LogP contribution is 2.20. The zero-order valence-corrected chi connectivity index (χ0v) is 50.9. The number of amides is 12. The van der Waals surface area contributed by atoms with Crippen molar-refractivity contribution >= 4 is 99.5 Å².